The Kier molecular flexibility index (Phi) is 6.99. The largest absolute Gasteiger partial charge is 0.463 e. The van der Waals surface area contributed by atoms with Gasteiger partial charge in [-0.05, 0) is 24.8 Å². The third kappa shape index (κ3) is 4.59. The topological polar surface area (TPSA) is 62.2 Å². The minimum Gasteiger partial charge on any atom is -0.463 e. The van der Waals surface area contributed by atoms with Gasteiger partial charge in [0.2, 0.25) is 5.91 Å². The molecular weight excluding hydrogens is 434 g/mol. The van der Waals surface area contributed by atoms with E-state index in [1.165, 1.54) is 11.8 Å². The Labute approximate surface area is 198 Å². The van der Waals surface area contributed by atoms with Crippen molar-refractivity contribution in [2.24, 2.45) is 4.99 Å². The molecule has 2 aromatic carbocycles. The molecule has 0 unspecified atom stereocenters. The number of benzene rings is 2. The molecule has 2 aliphatic rings. The molecule has 0 saturated heterocycles. The molecule has 4 rings (SSSR count). The summed E-state index contributed by atoms with van der Waals surface area (Å²) in [5, 5.41) is 2.71. The maximum Gasteiger partial charge on any atom is 0.338 e. The number of thioether (sulfide) groups is 1. The fourth-order valence-corrected chi connectivity index (χ4v) is 4.82. The van der Waals surface area contributed by atoms with Crippen LogP contribution in [0.5, 0.6) is 0 Å². The first-order chi connectivity index (χ1) is 16.0. The molecule has 6 nitrogen and oxygen atoms in total. The van der Waals surface area contributed by atoms with Crippen LogP contribution in [0, 0.1) is 0 Å². The summed E-state index contributed by atoms with van der Waals surface area (Å²) < 4.78 is 5.51. The number of esters is 1. The molecule has 0 aliphatic carbocycles. The maximum absolute atomic E-state index is 13.4. The van der Waals surface area contributed by atoms with Crippen molar-refractivity contribution in [1.82, 2.24) is 9.80 Å². The normalized spacial score (nSPS) is 17.3. The summed E-state index contributed by atoms with van der Waals surface area (Å²) in [4.78, 5) is 34.7. The smallest absolute Gasteiger partial charge is 0.338 e. The predicted octanol–water partition coefficient (Wildman–Crippen LogP) is 4.83. The number of fused-ring (bicyclic) bond motifs is 1. The van der Waals surface area contributed by atoms with Crippen molar-refractivity contribution in [2.45, 2.75) is 26.3 Å². The molecule has 2 aromatic rings. The Bertz CT molecular complexity index is 1130. The predicted molar refractivity (Wildman–Crippen MR) is 132 cm³/mol. The molecule has 7 heteroatoms. The number of carbonyl (C=O) groups is 2. The number of amidine groups is 1. The van der Waals surface area contributed by atoms with E-state index in [2.05, 4.69) is 0 Å². The van der Waals surface area contributed by atoms with Gasteiger partial charge in [0.15, 0.2) is 5.17 Å². The van der Waals surface area contributed by atoms with Crippen LogP contribution < -0.4 is 0 Å². The molecule has 0 bridgehead atoms. The Morgan fingerprint density at radius 3 is 2.36 bits per heavy atom. The van der Waals surface area contributed by atoms with E-state index in [4.69, 9.17) is 9.73 Å². The van der Waals surface area contributed by atoms with Gasteiger partial charge in [0.1, 0.15) is 0 Å². The molecule has 0 fully saturated rings. The number of carbonyl (C=O) groups excluding carboxylic acids is 2. The van der Waals surface area contributed by atoms with Gasteiger partial charge in [-0.25, -0.2) is 9.79 Å². The van der Waals surface area contributed by atoms with Crippen molar-refractivity contribution in [3.05, 3.63) is 88.5 Å². The summed E-state index contributed by atoms with van der Waals surface area (Å²) in [6.45, 7) is 4.64. The summed E-state index contributed by atoms with van der Waals surface area (Å²) in [6.07, 6.45) is 0.233. The van der Waals surface area contributed by atoms with Crippen LogP contribution in [-0.4, -0.2) is 47.0 Å². The minimum absolute atomic E-state index is 0.0212. The van der Waals surface area contributed by atoms with Crippen LogP contribution in [0.15, 0.2) is 82.3 Å². The molecule has 1 amide bonds. The number of ether oxygens (including phenoxy) is 1. The van der Waals surface area contributed by atoms with Gasteiger partial charge in [-0.2, -0.15) is 0 Å². The van der Waals surface area contributed by atoms with Gasteiger partial charge in [-0.3, -0.25) is 4.79 Å². The van der Waals surface area contributed by atoms with Crippen LogP contribution in [0.25, 0.3) is 5.70 Å². The van der Waals surface area contributed by atoms with Crippen LogP contribution in [0.1, 0.15) is 37.4 Å². The van der Waals surface area contributed by atoms with Gasteiger partial charge in [0.25, 0.3) is 0 Å². The van der Waals surface area contributed by atoms with Crippen molar-refractivity contribution in [3.63, 3.8) is 0 Å². The third-order valence-electron chi connectivity index (χ3n) is 5.70. The molecule has 0 spiro atoms. The van der Waals surface area contributed by atoms with E-state index in [9.17, 15) is 9.59 Å². The fraction of sp³-hybridized carbons (Fsp3) is 0.269. The van der Waals surface area contributed by atoms with Crippen LogP contribution in [0.2, 0.25) is 0 Å². The van der Waals surface area contributed by atoms with Gasteiger partial charge in [0, 0.05) is 24.9 Å². The Morgan fingerprint density at radius 2 is 1.73 bits per heavy atom. The highest BCUT2D eigenvalue weighted by molar-refractivity contribution is 8.16. The Balaban J connectivity index is 1.87. The highest BCUT2D eigenvalue weighted by Gasteiger charge is 2.42. The molecule has 0 aromatic heterocycles. The van der Waals surface area contributed by atoms with Crippen LogP contribution in [0.4, 0.5) is 0 Å². The number of hydrogen-bond donors (Lipinski definition) is 0. The molecule has 0 radical (unpaired) electrons. The quantitative estimate of drug-likeness (QED) is 0.553. The summed E-state index contributed by atoms with van der Waals surface area (Å²) in [5.41, 5.74) is 3.69. The summed E-state index contributed by atoms with van der Waals surface area (Å²) in [5.74, 6) is -0.380. The molecule has 2 aliphatic heterocycles. The second-order valence-corrected chi connectivity index (χ2v) is 8.57. The van der Waals surface area contributed by atoms with Crippen molar-refractivity contribution in [1.29, 1.82) is 0 Å². The molecule has 1 atom stereocenters. The molecular formula is C26H27N3O3S. The van der Waals surface area contributed by atoms with Gasteiger partial charge >= 0.3 is 5.97 Å². The van der Waals surface area contributed by atoms with E-state index < -0.39 is 12.0 Å². The molecule has 170 valence electrons. The van der Waals surface area contributed by atoms with Gasteiger partial charge in [0.05, 0.1) is 30.3 Å². The minimum atomic E-state index is -0.450. The lowest BCUT2D eigenvalue weighted by Crippen LogP contribution is -2.38. The number of hydrogen-bond acceptors (Lipinski definition) is 6. The van der Waals surface area contributed by atoms with Gasteiger partial charge < -0.3 is 14.5 Å². The first-order valence-corrected chi connectivity index (χ1v) is 11.9. The van der Waals surface area contributed by atoms with Gasteiger partial charge in [-0.15, -0.1) is 0 Å². The maximum atomic E-state index is 13.4. The summed E-state index contributed by atoms with van der Waals surface area (Å²) in [6, 6.07) is 19.1. The standard InChI is InChI=1S/C26H27N3O3S/c1-4-28(3)21(30)16-20-17-33-26-27-23(18-12-8-6-9-13-18)22(25(31)32-5-2)24(29(20)26)19-14-10-7-11-15-19/h6-15,17,24H,4-5,16H2,1-3H3/t24-/m1/s1. The third-order valence-corrected chi connectivity index (χ3v) is 6.59. The Morgan fingerprint density at radius 1 is 1.06 bits per heavy atom. The van der Waals surface area contributed by atoms with Crippen LogP contribution in [-0.2, 0) is 14.3 Å². The lowest BCUT2D eigenvalue weighted by atomic mass is 9.91. The van der Waals surface area contributed by atoms with E-state index in [0.29, 0.717) is 17.8 Å². The molecule has 33 heavy (non-hydrogen) atoms. The zero-order valence-corrected chi connectivity index (χ0v) is 19.8. The number of amides is 1. The second-order valence-electron chi connectivity index (χ2n) is 7.74. The van der Waals surface area contributed by atoms with Crippen molar-refractivity contribution in [3.8, 4) is 0 Å². The second kappa shape index (κ2) is 10.1. The zero-order chi connectivity index (χ0) is 23.4. The Hall–Kier alpha value is -3.32. The summed E-state index contributed by atoms with van der Waals surface area (Å²) >= 11 is 1.48. The number of aliphatic imine (C=N–C) groups is 1. The highest BCUT2D eigenvalue weighted by Crippen LogP contribution is 2.47. The molecule has 2 heterocycles. The average molecular weight is 462 g/mol. The summed E-state index contributed by atoms with van der Waals surface area (Å²) in [7, 11) is 1.79. The highest BCUT2D eigenvalue weighted by atomic mass is 32.2. The van der Waals surface area contributed by atoms with E-state index in [1.54, 1.807) is 18.9 Å². The van der Waals surface area contributed by atoms with Crippen molar-refractivity contribution >= 4 is 34.5 Å². The number of rotatable bonds is 7. The molecule has 0 N–H and O–H groups in total. The lowest BCUT2D eigenvalue weighted by Gasteiger charge is -2.37. The van der Waals surface area contributed by atoms with E-state index in [1.807, 2.05) is 77.9 Å². The lowest BCUT2D eigenvalue weighted by molar-refractivity contribution is -0.139. The fourth-order valence-electron chi connectivity index (χ4n) is 3.91. The van der Waals surface area contributed by atoms with E-state index in [0.717, 1.165) is 22.0 Å². The first-order valence-electron chi connectivity index (χ1n) is 11.0. The monoisotopic (exact) mass is 461 g/mol. The van der Waals surface area contributed by atoms with E-state index in [-0.39, 0.29) is 18.9 Å². The van der Waals surface area contributed by atoms with Crippen molar-refractivity contribution < 1.29 is 14.3 Å². The van der Waals surface area contributed by atoms with Crippen LogP contribution >= 0.6 is 11.8 Å². The van der Waals surface area contributed by atoms with E-state index >= 15 is 0 Å². The average Bonchev–Trinajstić information content (AvgIpc) is 3.25. The van der Waals surface area contributed by atoms with Gasteiger partial charge in [-0.1, -0.05) is 72.4 Å². The molecule has 0 saturated carbocycles. The van der Waals surface area contributed by atoms with Crippen molar-refractivity contribution in [2.75, 3.05) is 20.2 Å². The number of nitrogens with zero attached hydrogens (tertiary/aromatic N) is 3. The van der Waals surface area contributed by atoms with Crippen LogP contribution in [0.3, 0.4) is 0 Å². The first kappa shape index (κ1) is 22.9. The zero-order valence-electron chi connectivity index (χ0n) is 19.0. The SMILES string of the molecule is CCOC(=O)C1=C(c2ccccc2)N=C2SC=C(CC(=O)N(C)CC)N2[C@@H]1c1ccccc1.